The quantitative estimate of drug-likeness (QED) is 0.820. The summed E-state index contributed by atoms with van der Waals surface area (Å²) in [6.07, 6.45) is 0.256. The molecule has 0 radical (unpaired) electrons. The predicted octanol–water partition coefficient (Wildman–Crippen LogP) is 2.84. The van der Waals surface area contributed by atoms with E-state index in [4.69, 9.17) is 5.26 Å². The maximum absolute atomic E-state index is 9.71. The Morgan fingerprint density at radius 2 is 2.15 bits per heavy atom. The fraction of sp³-hybridized carbons (Fsp3) is 0.300. The highest BCUT2D eigenvalue weighted by Crippen LogP contribution is 2.31. The Balaban J connectivity index is 3.36. The monoisotopic (exact) mass is 239 g/mol. The third-order valence-corrected chi connectivity index (χ3v) is 2.90. The number of rotatable bonds is 1. The molecule has 0 saturated heterocycles. The first-order valence-electron chi connectivity index (χ1n) is 3.92. The molecular weight excluding hydrogens is 230 g/mol. The van der Waals surface area contributed by atoms with Crippen molar-refractivity contribution >= 4 is 15.9 Å². The average molecular weight is 240 g/mol. The molecule has 0 amide bonds. The number of phenolic OH excluding ortho intramolecular Hbond substituents is 1. The summed E-state index contributed by atoms with van der Waals surface area (Å²) in [5.74, 6) is 0.230. The van der Waals surface area contributed by atoms with Crippen LogP contribution in [0, 0.1) is 25.2 Å². The molecule has 1 aromatic rings. The van der Waals surface area contributed by atoms with E-state index in [0.717, 1.165) is 21.2 Å². The molecule has 0 atom stereocenters. The van der Waals surface area contributed by atoms with E-state index in [2.05, 4.69) is 15.9 Å². The second-order valence-corrected chi connectivity index (χ2v) is 3.82. The van der Waals surface area contributed by atoms with Gasteiger partial charge in [-0.1, -0.05) is 15.9 Å². The van der Waals surface area contributed by atoms with Crippen LogP contribution in [0.1, 0.15) is 16.7 Å². The molecule has 1 N–H and O–H groups in total. The molecule has 0 unspecified atom stereocenters. The van der Waals surface area contributed by atoms with Gasteiger partial charge in [0, 0.05) is 15.6 Å². The summed E-state index contributed by atoms with van der Waals surface area (Å²) < 4.78 is 0.879. The molecule has 68 valence electrons. The standard InChI is InChI=1S/C10H10BrNO/c1-6-5-9(11)7(2)10(13)8(6)3-4-12/h5,13H,3H2,1-2H3. The smallest absolute Gasteiger partial charge is 0.124 e. The van der Waals surface area contributed by atoms with Gasteiger partial charge in [0.25, 0.3) is 0 Å². The van der Waals surface area contributed by atoms with Crippen LogP contribution in [0.15, 0.2) is 10.5 Å². The van der Waals surface area contributed by atoms with E-state index in [1.165, 1.54) is 0 Å². The molecule has 0 aliphatic carbocycles. The zero-order chi connectivity index (χ0) is 10.0. The molecule has 0 bridgehead atoms. The van der Waals surface area contributed by atoms with Gasteiger partial charge in [-0.15, -0.1) is 0 Å². The molecule has 0 aliphatic heterocycles. The fourth-order valence-electron chi connectivity index (χ4n) is 1.21. The van der Waals surface area contributed by atoms with Crippen LogP contribution >= 0.6 is 15.9 Å². The van der Waals surface area contributed by atoms with Gasteiger partial charge in [-0.25, -0.2) is 0 Å². The van der Waals surface area contributed by atoms with Crippen LogP contribution in [0.25, 0.3) is 0 Å². The summed E-state index contributed by atoms with van der Waals surface area (Å²) in [6.45, 7) is 3.70. The summed E-state index contributed by atoms with van der Waals surface area (Å²) in [5.41, 5.74) is 2.45. The van der Waals surface area contributed by atoms with E-state index in [-0.39, 0.29) is 12.2 Å². The van der Waals surface area contributed by atoms with Gasteiger partial charge in [0.2, 0.25) is 0 Å². The summed E-state index contributed by atoms with van der Waals surface area (Å²) in [4.78, 5) is 0. The molecule has 0 aromatic heterocycles. The lowest BCUT2D eigenvalue weighted by Gasteiger charge is -2.09. The molecule has 2 nitrogen and oxygen atoms in total. The summed E-state index contributed by atoms with van der Waals surface area (Å²) in [5, 5.41) is 18.3. The minimum absolute atomic E-state index is 0.230. The van der Waals surface area contributed by atoms with Crippen molar-refractivity contribution in [2.75, 3.05) is 0 Å². The summed E-state index contributed by atoms with van der Waals surface area (Å²) in [6, 6.07) is 3.96. The van der Waals surface area contributed by atoms with Crippen molar-refractivity contribution in [1.29, 1.82) is 5.26 Å². The van der Waals surface area contributed by atoms with Crippen LogP contribution in [0.4, 0.5) is 0 Å². The Labute approximate surface area is 85.9 Å². The minimum Gasteiger partial charge on any atom is -0.507 e. The zero-order valence-electron chi connectivity index (χ0n) is 7.56. The highest BCUT2D eigenvalue weighted by atomic mass is 79.9. The molecule has 13 heavy (non-hydrogen) atoms. The highest BCUT2D eigenvalue weighted by molar-refractivity contribution is 9.10. The molecule has 1 aromatic carbocycles. The summed E-state index contributed by atoms with van der Waals surface area (Å²) in [7, 11) is 0. The molecule has 3 heteroatoms. The maximum Gasteiger partial charge on any atom is 0.124 e. The third-order valence-electron chi connectivity index (χ3n) is 2.07. The van der Waals surface area contributed by atoms with Gasteiger partial charge in [0.05, 0.1) is 12.5 Å². The van der Waals surface area contributed by atoms with E-state index in [1.54, 1.807) is 0 Å². The van der Waals surface area contributed by atoms with Crippen molar-refractivity contribution in [3.05, 3.63) is 27.2 Å². The number of phenols is 1. The largest absolute Gasteiger partial charge is 0.507 e. The zero-order valence-corrected chi connectivity index (χ0v) is 9.14. The molecule has 0 saturated carbocycles. The highest BCUT2D eigenvalue weighted by Gasteiger charge is 2.10. The molecule has 0 fully saturated rings. The lowest BCUT2D eigenvalue weighted by atomic mass is 10.0. The third kappa shape index (κ3) is 1.84. The number of hydrogen-bond acceptors (Lipinski definition) is 2. The predicted molar refractivity (Wildman–Crippen MR) is 54.6 cm³/mol. The van der Waals surface area contributed by atoms with Crippen LogP contribution in [-0.2, 0) is 6.42 Å². The number of hydrogen-bond donors (Lipinski definition) is 1. The Morgan fingerprint density at radius 1 is 1.54 bits per heavy atom. The van der Waals surface area contributed by atoms with Crippen molar-refractivity contribution in [3.8, 4) is 11.8 Å². The number of halogens is 1. The first kappa shape index (κ1) is 10.1. The minimum atomic E-state index is 0.230. The molecular formula is C10H10BrNO. The second kappa shape index (κ2) is 3.80. The number of benzene rings is 1. The van der Waals surface area contributed by atoms with Gasteiger partial charge < -0.3 is 5.11 Å². The Bertz CT molecular complexity index is 379. The van der Waals surface area contributed by atoms with E-state index in [9.17, 15) is 5.11 Å². The Morgan fingerprint density at radius 3 is 2.69 bits per heavy atom. The van der Waals surface area contributed by atoms with Crippen LogP contribution in [0.5, 0.6) is 5.75 Å². The van der Waals surface area contributed by atoms with E-state index in [0.29, 0.717) is 0 Å². The van der Waals surface area contributed by atoms with Crippen molar-refractivity contribution in [1.82, 2.24) is 0 Å². The van der Waals surface area contributed by atoms with Gasteiger partial charge in [0.15, 0.2) is 0 Å². The van der Waals surface area contributed by atoms with Gasteiger partial charge in [0.1, 0.15) is 5.75 Å². The van der Waals surface area contributed by atoms with Crippen molar-refractivity contribution in [3.63, 3.8) is 0 Å². The molecule has 0 spiro atoms. The topological polar surface area (TPSA) is 44.0 Å². The molecule has 1 rings (SSSR count). The lowest BCUT2D eigenvalue weighted by molar-refractivity contribution is 0.464. The van der Waals surface area contributed by atoms with Crippen molar-refractivity contribution in [2.24, 2.45) is 0 Å². The van der Waals surface area contributed by atoms with Crippen molar-refractivity contribution in [2.45, 2.75) is 20.3 Å². The Kier molecular flexibility index (Phi) is 2.94. The van der Waals surface area contributed by atoms with Gasteiger partial charge in [-0.3, -0.25) is 0 Å². The van der Waals surface area contributed by atoms with E-state index in [1.807, 2.05) is 26.0 Å². The normalized spacial score (nSPS) is 9.69. The van der Waals surface area contributed by atoms with Crippen LogP contribution in [0.2, 0.25) is 0 Å². The lowest BCUT2D eigenvalue weighted by Crippen LogP contribution is -1.92. The van der Waals surface area contributed by atoms with Gasteiger partial charge in [-0.2, -0.15) is 5.26 Å². The van der Waals surface area contributed by atoms with Crippen LogP contribution in [-0.4, -0.2) is 5.11 Å². The van der Waals surface area contributed by atoms with Crippen molar-refractivity contribution < 1.29 is 5.11 Å². The first-order valence-corrected chi connectivity index (χ1v) is 4.71. The first-order chi connectivity index (χ1) is 6.07. The second-order valence-electron chi connectivity index (χ2n) is 2.96. The number of nitriles is 1. The molecule has 0 aliphatic rings. The van der Waals surface area contributed by atoms with E-state index < -0.39 is 0 Å². The van der Waals surface area contributed by atoms with E-state index >= 15 is 0 Å². The Hall–Kier alpha value is -1.01. The SMILES string of the molecule is Cc1cc(Br)c(C)c(O)c1CC#N. The average Bonchev–Trinajstić information content (AvgIpc) is 2.09. The van der Waals surface area contributed by atoms with Crippen LogP contribution < -0.4 is 0 Å². The molecule has 0 heterocycles. The maximum atomic E-state index is 9.71. The van der Waals surface area contributed by atoms with Gasteiger partial charge >= 0.3 is 0 Å². The number of nitrogens with zero attached hydrogens (tertiary/aromatic N) is 1. The number of aryl methyl sites for hydroxylation is 1. The number of aromatic hydroxyl groups is 1. The fourth-order valence-corrected chi connectivity index (χ4v) is 1.75. The van der Waals surface area contributed by atoms with Crippen LogP contribution in [0.3, 0.4) is 0 Å². The summed E-state index contributed by atoms with van der Waals surface area (Å²) >= 11 is 3.34. The van der Waals surface area contributed by atoms with Gasteiger partial charge in [-0.05, 0) is 25.5 Å².